The number of methoxy groups -OCH3 is 1. The summed E-state index contributed by atoms with van der Waals surface area (Å²) in [5, 5.41) is 6.50. The predicted molar refractivity (Wildman–Crippen MR) is 103 cm³/mol. The largest absolute Gasteiger partial charge is 0.497 e. The van der Waals surface area contributed by atoms with Gasteiger partial charge in [-0.25, -0.2) is 4.98 Å². The van der Waals surface area contributed by atoms with Crippen molar-refractivity contribution in [2.24, 2.45) is 0 Å². The van der Waals surface area contributed by atoms with Crippen LogP contribution in [0.15, 0.2) is 54.7 Å². The summed E-state index contributed by atoms with van der Waals surface area (Å²) in [7, 11) is 1.67. The molecular formula is C20H20N4O3. The summed E-state index contributed by atoms with van der Waals surface area (Å²) in [6.07, 6.45) is 2.57. The number of fused-ring (bicyclic) bond motifs is 1. The first-order valence-electron chi connectivity index (χ1n) is 8.67. The SMILES string of the molecule is COc1cccc(CCNc2nccc(Nc3ccc4c(c3)OCO4)n2)c1. The number of benzene rings is 2. The monoisotopic (exact) mass is 364 g/mol. The molecule has 138 valence electrons. The second-order valence-corrected chi connectivity index (χ2v) is 5.99. The van der Waals surface area contributed by atoms with Crippen LogP contribution in [0.1, 0.15) is 5.56 Å². The summed E-state index contributed by atoms with van der Waals surface area (Å²) in [4.78, 5) is 8.77. The van der Waals surface area contributed by atoms with Gasteiger partial charge in [0.2, 0.25) is 12.7 Å². The van der Waals surface area contributed by atoms with Gasteiger partial charge in [0, 0.05) is 24.5 Å². The molecule has 27 heavy (non-hydrogen) atoms. The fourth-order valence-electron chi connectivity index (χ4n) is 2.78. The molecule has 0 saturated carbocycles. The topological polar surface area (TPSA) is 77.5 Å². The molecule has 1 aliphatic rings. The highest BCUT2D eigenvalue weighted by Gasteiger charge is 2.13. The highest BCUT2D eigenvalue weighted by molar-refractivity contribution is 5.62. The second kappa shape index (κ2) is 7.82. The Kier molecular flexibility index (Phi) is 4.91. The lowest BCUT2D eigenvalue weighted by atomic mass is 10.1. The molecule has 7 nitrogen and oxygen atoms in total. The number of aromatic nitrogens is 2. The normalized spacial score (nSPS) is 11.9. The zero-order valence-electron chi connectivity index (χ0n) is 14.9. The molecule has 0 bridgehead atoms. The van der Waals surface area contributed by atoms with E-state index >= 15 is 0 Å². The van der Waals surface area contributed by atoms with Crippen LogP contribution in [-0.4, -0.2) is 30.4 Å². The van der Waals surface area contributed by atoms with Crippen LogP contribution in [0.4, 0.5) is 17.5 Å². The van der Waals surface area contributed by atoms with Crippen molar-refractivity contribution in [3.63, 3.8) is 0 Å². The van der Waals surface area contributed by atoms with Gasteiger partial charge >= 0.3 is 0 Å². The molecule has 0 spiro atoms. The first kappa shape index (κ1) is 17.0. The Morgan fingerprint density at radius 3 is 2.93 bits per heavy atom. The van der Waals surface area contributed by atoms with E-state index in [9.17, 15) is 0 Å². The second-order valence-electron chi connectivity index (χ2n) is 5.99. The van der Waals surface area contributed by atoms with Crippen LogP contribution in [0.3, 0.4) is 0 Å². The first-order chi connectivity index (χ1) is 13.3. The van der Waals surface area contributed by atoms with E-state index in [1.807, 2.05) is 42.5 Å². The number of hydrogen-bond acceptors (Lipinski definition) is 7. The molecule has 2 aromatic carbocycles. The summed E-state index contributed by atoms with van der Waals surface area (Å²) >= 11 is 0. The number of nitrogens with zero attached hydrogens (tertiary/aromatic N) is 2. The van der Waals surface area contributed by atoms with Crippen LogP contribution in [-0.2, 0) is 6.42 Å². The Morgan fingerprint density at radius 1 is 1.07 bits per heavy atom. The van der Waals surface area contributed by atoms with Crippen molar-refractivity contribution in [3.8, 4) is 17.2 Å². The predicted octanol–water partition coefficient (Wildman–Crippen LogP) is 3.61. The molecule has 3 aromatic rings. The number of ether oxygens (including phenoxy) is 3. The van der Waals surface area contributed by atoms with Crippen molar-refractivity contribution >= 4 is 17.5 Å². The fourth-order valence-corrected chi connectivity index (χ4v) is 2.78. The van der Waals surface area contributed by atoms with Crippen LogP contribution < -0.4 is 24.8 Å². The molecule has 1 aliphatic heterocycles. The molecular weight excluding hydrogens is 344 g/mol. The van der Waals surface area contributed by atoms with Crippen LogP contribution in [0.25, 0.3) is 0 Å². The van der Waals surface area contributed by atoms with Gasteiger partial charge in [-0.1, -0.05) is 12.1 Å². The summed E-state index contributed by atoms with van der Waals surface area (Å²) in [5.74, 6) is 3.61. The molecule has 0 atom stereocenters. The fraction of sp³-hybridized carbons (Fsp3) is 0.200. The Balaban J connectivity index is 1.36. The van der Waals surface area contributed by atoms with E-state index in [1.165, 1.54) is 5.56 Å². The summed E-state index contributed by atoms with van der Waals surface area (Å²) in [6.45, 7) is 0.980. The zero-order chi connectivity index (χ0) is 18.5. The van der Waals surface area contributed by atoms with Crippen LogP contribution >= 0.6 is 0 Å². The van der Waals surface area contributed by atoms with E-state index < -0.39 is 0 Å². The minimum atomic E-state index is 0.258. The van der Waals surface area contributed by atoms with Crippen LogP contribution in [0.5, 0.6) is 17.2 Å². The Morgan fingerprint density at radius 2 is 2.00 bits per heavy atom. The minimum absolute atomic E-state index is 0.258. The molecule has 0 radical (unpaired) electrons. The van der Waals surface area contributed by atoms with E-state index in [2.05, 4.69) is 26.7 Å². The van der Waals surface area contributed by atoms with Crippen molar-refractivity contribution in [2.45, 2.75) is 6.42 Å². The van der Waals surface area contributed by atoms with Crippen molar-refractivity contribution in [1.29, 1.82) is 0 Å². The lowest BCUT2D eigenvalue weighted by Gasteiger charge is -2.09. The average molecular weight is 364 g/mol. The molecule has 4 rings (SSSR count). The first-order valence-corrected chi connectivity index (χ1v) is 8.67. The molecule has 0 aliphatic carbocycles. The maximum Gasteiger partial charge on any atom is 0.231 e. The van der Waals surface area contributed by atoms with E-state index in [-0.39, 0.29) is 6.79 Å². The van der Waals surface area contributed by atoms with Gasteiger partial charge in [-0.15, -0.1) is 0 Å². The molecule has 7 heteroatoms. The number of anilines is 3. The summed E-state index contributed by atoms with van der Waals surface area (Å²) in [5.41, 5.74) is 2.07. The number of nitrogens with one attached hydrogen (secondary N) is 2. The Bertz CT molecular complexity index is 933. The standard InChI is InChI=1S/C20H20N4O3/c1-25-16-4-2-3-14(11-16)7-9-21-20-22-10-8-19(24-20)23-15-5-6-17-18(12-15)27-13-26-17/h2-6,8,10-12H,7,9,13H2,1H3,(H2,21,22,23,24). The van der Waals surface area contributed by atoms with E-state index in [1.54, 1.807) is 13.3 Å². The van der Waals surface area contributed by atoms with Gasteiger partial charge in [-0.3, -0.25) is 0 Å². The van der Waals surface area contributed by atoms with Gasteiger partial charge in [-0.2, -0.15) is 4.98 Å². The number of hydrogen-bond donors (Lipinski definition) is 2. The molecule has 1 aromatic heterocycles. The zero-order valence-corrected chi connectivity index (χ0v) is 14.9. The lowest BCUT2D eigenvalue weighted by Crippen LogP contribution is -2.08. The summed E-state index contributed by atoms with van der Waals surface area (Å²) < 4.78 is 16.0. The third kappa shape index (κ3) is 4.20. The minimum Gasteiger partial charge on any atom is -0.497 e. The average Bonchev–Trinajstić information content (AvgIpc) is 3.16. The van der Waals surface area contributed by atoms with Gasteiger partial charge < -0.3 is 24.8 Å². The molecule has 0 saturated heterocycles. The van der Waals surface area contributed by atoms with Gasteiger partial charge in [0.15, 0.2) is 11.5 Å². The maximum absolute atomic E-state index is 5.40. The van der Waals surface area contributed by atoms with Crippen molar-refractivity contribution in [3.05, 3.63) is 60.3 Å². The van der Waals surface area contributed by atoms with Crippen molar-refractivity contribution in [1.82, 2.24) is 9.97 Å². The van der Waals surface area contributed by atoms with E-state index in [4.69, 9.17) is 14.2 Å². The van der Waals surface area contributed by atoms with Crippen LogP contribution in [0, 0.1) is 0 Å². The molecule has 0 amide bonds. The van der Waals surface area contributed by atoms with E-state index in [0.717, 1.165) is 35.9 Å². The number of rotatable bonds is 7. The van der Waals surface area contributed by atoms with Gasteiger partial charge in [0.25, 0.3) is 0 Å². The van der Waals surface area contributed by atoms with Gasteiger partial charge in [0.05, 0.1) is 7.11 Å². The molecule has 0 unspecified atom stereocenters. The third-order valence-corrected chi connectivity index (χ3v) is 4.13. The highest BCUT2D eigenvalue weighted by atomic mass is 16.7. The smallest absolute Gasteiger partial charge is 0.231 e. The Hall–Kier alpha value is -3.48. The quantitative estimate of drug-likeness (QED) is 0.663. The van der Waals surface area contributed by atoms with Gasteiger partial charge in [-0.05, 0) is 42.3 Å². The van der Waals surface area contributed by atoms with Crippen molar-refractivity contribution < 1.29 is 14.2 Å². The molecule has 2 N–H and O–H groups in total. The molecule has 0 fully saturated rings. The van der Waals surface area contributed by atoms with Crippen LogP contribution in [0.2, 0.25) is 0 Å². The van der Waals surface area contributed by atoms with Crippen molar-refractivity contribution in [2.75, 3.05) is 31.1 Å². The lowest BCUT2D eigenvalue weighted by molar-refractivity contribution is 0.174. The summed E-state index contributed by atoms with van der Waals surface area (Å²) in [6, 6.07) is 15.5. The van der Waals surface area contributed by atoms with E-state index in [0.29, 0.717) is 11.8 Å². The maximum atomic E-state index is 5.40. The Labute approximate surface area is 157 Å². The van der Waals surface area contributed by atoms with Gasteiger partial charge in [0.1, 0.15) is 11.6 Å². The molecule has 2 heterocycles. The third-order valence-electron chi connectivity index (χ3n) is 4.13. The highest BCUT2D eigenvalue weighted by Crippen LogP contribution is 2.34.